The fraction of sp³-hybridized carbons (Fsp3) is 0.750. The molecule has 0 saturated carbocycles. The van der Waals surface area contributed by atoms with Gasteiger partial charge in [-0.2, -0.15) is 0 Å². The van der Waals surface area contributed by atoms with Crippen molar-refractivity contribution in [1.29, 1.82) is 0 Å². The van der Waals surface area contributed by atoms with E-state index < -0.39 is 0 Å². The van der Waals surface area contributed by atoms with Crippen LogP contribution in [0, 0.1) is 5.41 Å². The zero-order chi connectivity index (χ0) is 11.3. The van der Waals surface area contributed by atoms with E-state index in [9.17, 15) is 4.79 Å². The molecule has 1 aliphatic rings. The summed E-state index contributed by atoms with van der Waals surface area (Å²) in [4.78, 5) is 11.2. The van der Waals surface area contributed by atoms with Gasteiger partial charge < -0.3 is 0 Å². The molecule has 0 saturated heterocycles. The highest BCUT2D eigenvalue weighted by atomic mass is 16.5. The average Bonchev–Trinajstić information content (AvgIpc) is 2.26. The molecule has 0 bridgehead atoms. The number of rotatable bonds is 4. The van der Waals surface area contributed by atoms with Crippen molar-refractivity contribution < 1.29 is 10.0 Å². The van der Waals surface area contributed by atoms with Gasteiger partial charge in [0.15, 0.2) is 0 Å². The Morgan fingerprint density at radius 1 is 1.67 bits per heavy atom. The molecular weight excluding hydrogens is 190 g/mol. The average molecular weight is 211 g/mol. The summed E-state index contributed by atoms with van der Waals surface area (Å²) in [7, 11) is 0. The van der Waals surface area contributed by atoms with Gasteiger partial charge in [0.1, 0.15) is 0 Å². The van der Waals surface area contributed by atoms with Crippen LogP contribution in [0.5, 0.6) is 0 Å². The number of allylic oxidation sites excluding steroid dienone is 1. The first-order chi connectivity index (χ1) is 7.11. The van der Waals surface area contributed by atoms with Crippen LogP contribution in [-0.4, -0.2) is 11.1 Å². The Morgan fingerprint density at radius 3 is 2.87 bits per heavy atom. The molecule has 1 unspecified atom stereocenters. The monoisotopic (exact) mass is 211 g/mol. The summed E-state index contributed by atoms with van der Waals surface area (Å²) < 4.78 is 0. The van der Waals surface area contributed by atoms with Gasteiger partial charge in [-0.05, 0) is 31.1 Å². The summed E-state index contributed by atoms with van der Waals surface area (Å²) in [5.41, 5.74) is 2.78. The third-order valence-corrected chi connectivity index (χ3v) is 3.37. The second kappa shape index (κ2) is 5.31. The van der Waals surface area contributed by atoms with Crippen LogP contribution in [0.4, 0.5) is 0 Å². The molecule has 1 aliphatic carbocycles. The first kappa shape index (κ1) is 12.2. The molecule has 0 heterocycles. The lowest BCUT2D eigenvalue weighted by Crippen LogP contribution is -2.26. The Hall–Kier alpha value is -0.830. The lowest BCUT2D eigenvalue weighted by atomic mass is 9.73. The number of nitrogens with one attached hydrogen (secondary N) is 1. The number of carbonyl (C=O) groups excluding carboxylic acids is 1. The van der Waals surface area contributed by atoms with Crippen molar-refractivity contribution >= 4 is 5.91 Å². The lowest BCUT2D eigenvalue weighted by Gasteiger charge is -2.32. The third-order valence-electron chi connectivity index (χ3n) is 3.37. The molecule has 0 aliphatic heterocycles. The van der Waals surface area contributed by atoms with E-state index in [-0.39, 0.29) is 5.91 Å². The maximum atomic E-state index is 11.2. The van der Waals surface area contributed by atoms with Gasteiger partial charge in [-0.25, -0.2) is 5.48 Å². The van der Waals surface area contributed by atoms with Gasteiger partial charge in [0, 0.05) is 5.57 Å². The fourth-order valence-electron chi connectivity index (χ4n) is 2.12. The number of carbonyl (C=O) groups is 1. The molecule has 0 spiro atoms. The Morgan fingerprint density at radius 2 is 2.40 bits per heavy atom. The Bertz CT molecular complexity index is 260. The van der Waals surface area contributed by atoms with Crippen LogP contribution in [0.15, 0.2) is 11.6 Å². The maximum Gasteiger partial charge on any atom is 0.270 e. The minimum Gasteiger partial charge on any atom is -0.288 e. The first-order valence-corrected chi connectivity index (χ1v) is 5.75. The number of amides is 1. The van der Waals surface area contributed by atoms with Crippen LogP contribution in [0.25, 0.3) is 0 Å². The molecule has 2 N–H and O–H groups in total. The van der Waals surface area contributed by atoms with E-state index >= 15 is 0 Å². The summed E-state index contributed by atoms with van der Waals surface area (Å²) in [6, 6.07) is 0. The Kier molecular flexibility index (Phi) is 4.33. The van der Waals surface area contributed by atoms with Crippen LogP contribution in [0.1, 0.15) is 52.4 Å². The van der Waals surface area contributed by atoms with Crippen molar-refractivity contribution in [3.63, 3.8) is 0 Å². The second-order valence-corrected chi connectivity index (χ2v) is 4.79. The van der Waals surface area contributed by atoms with Gasteiger partial charge in [0.2, 0.25) is 0 Å². The van der Waals surface area contributed by atoms with Crippen molar-refractivity contribution in [3.8, 4) is 0 Å². The summed E-state index contributed by atoms with van der Waals surface area (Å²) in [6.07, 6.45) is 8.47. The van der Waals surface area contributed by atoms with E-state index in [0.717, 1.165) is 24.8 Å². The number of hydrogen-bond donors (Lipinski definition) is 2. The van der Waals surface area contributed by atoms with Crippen LogP contribution in [0.2, 0.25) is 0 Å². The molecule has 3 nitrogen and oxygen atoms in total. The molecule has 3 heteroatoms. The lowest BCUT2D eigenvalue weighted by molar-refractivity contribution is -0.125. The van der Waals surface area contributed by atoms with Gasteiger partial charge >= 0.3 is 0 Å². The molecule has 1 amide bonds. The van der Waals surface area contributed by atoms with Crippen molar-refractivity contribution in [2.24, 2.45) is 5.41 Å². The Balaban J connectivity index is 2.52. The molecule has 86 valence electrons. The van der Waals surface area contributed by atoms with E-state index in [1.54, 1.807) is 5.48 Å². The predicted octanol–water partition coefficient (Wildman–Crippen LogP) is 2.80. The van der Waals surface area contributed by atoms with E-state index in [2.05, 4.69) is 13.8 Å². The van der Waals surface area contributed by atoms with Crippen molar-refractivity contribution in [2.45, 2.75) is 52.4 Å². The highest BCUT2D eigenvalue weighted by Crippen LogP contribution is 2.39. The summed E-state index contributed by atoms with van der Waals surface area (Å²) in [5, 5.41) is 8.52. The van der Waals surface area contributed by atoms with Gasteiger partial charge in [-0.1, -0.05) is 32.8 Å². The molecule has 0 fully saturated rings. The fourth-order valence-corrected chi connectivity index (χ4v) is 2.12. The Labute approximate surface area is 91.5 Å². The van der Waals surface area contributed by atoms with Crippen LogP contribution < -0.4 is 5.48 Å². The maximum absolute atomic E-state index is 11.2. The molecule has 0 aromatic carbocycles. The molecule has 0 aromatic heterocycles. The van der Waals surface area contributed by atoms with Crippen LogP contribution in [-0.2, 0) is 4.79 Å². The zero-order valence-corrected chi connectivity index (χ0v) is 9.68. The van der Waals surface area contributed by atoms with E-state index in [1.807, 2.05) is 6.08 Å². The van der Waals surface area contributed by atoms with E-state index in [0.29, 0.717) is 5.41 Å². The number of unbranched alkanes of at least 4 members (excludes halogenated alkanes) is 1. The molecule has 1 rings (SSSR count). The summed E-state index contributed by atoms with van der Waals surface area (Å²) >= 11 is 0. The third kappa shape index (κ3) is 3.34. The van der Waals surface area contributed by atoms with Crippen molar-refractivity contribution in [1.82, 2.24) is 5.48 Å². The minimum atomic E-state index is -0.340. The summed E-state index contributed by atoms with van der Waals surface area (Å²) in [5.74, 6) is -0.340. The minimum absolute atomic E-state index is 0.340. The highest BCUT2D eigenvalue weighted by Gasteiger charge is 2.27. The molecular formula is C12H21NO2. The van der Waals surface area contributed by atoms with Gasteiger partial charge in [0.05, 0.1) is 0 Å². The van der Waals surface area contributed by atoms with Crippen molar-refractivity contribution in [3.05, 3.63) is 11.6 Å². The quantitative estimate of drug-likeness (QED) is 0.555. The topological polar surface area (TPSA) is 49.3 Å². The van der Waals surface area contributed by atoms with Gasteiger partial charge in [-0.15, -0.1) is 0 Å². The van der Waals surface area contributed by atoms with E-state index in [1.165, 1.54) is 19.3 Å². The van der Waals surface area contributed by atoms with Gasteiger partial charge in [-0.3, -0.25) is 10.0 Å². The number of hydroxylamine groups is 1. The summed E-state index contributed by atoms with van der Waals surface area (Å²) in [6.45, 7) is 4.49. The van der Waals surface area contributed by atoms with Gasteiger partial charge in [0.25, 0.3) is 5.91 Å². The normalized spacial score (nSPS) is 25.9. The van der Waals surface area contributed by atoms with Crippen molar-refractivity contribution in [2.75, 3.05) is 0 Å². The highest BCUT2D eigenvalue weighted by molar-refractivity contribution is 5.92. The molecule has 1 atom stereocenters. The molecule has 15 heavy (non-hydrogen) atoms. The zero-order valence-electron chi connectivity index (χ0n) is 9.68. The molecule has 0 radical (unpaired) electrons. The van der Waals surface area contributed by atoms with Crippen LogP contribution >= 0.6 is 0 Å². The van der Waals surface area contributed by atoms with E-state index in [4.69, 9.17) is 5.21 Å². The first-order valence-electron chi connectivity index (χ1n) is 5.75. The molecule has 0 aromatic rings. The van der Waals surface area contributed by atoms with Crippen LogP contribution in [0.3, 0.4) is 0 Å². The SMILES string of the molecule is CCCCC1(C)CC=C(C(=O)NO)CC1. The largest absolute Gasteiger partial charge is 0.288 e. The smallest absolute Gasteiger partial charge is 0.270 e. The standard InChI is InChI=1S/C12H21NO2/c1-3-4-7-12(2)8-5-10(6-9-12)11(14)13-15/h5,15H,3-4,6-9H2,1-2H3,(H,13,14). The number of hydrogen-bond acceptors (Lipinski definition) is 2. The predicted molar refractivity (Wildman–Crippen MR) is 59.5 cm³/mol. The second-order valence-electron chi connectivity index (χ2n) is 4.79.